The van der Waals surface area contributed by atoms with Crippen LogP contribution in [0.4, 0.5) is 0 Å². The van der Waals surface area contributed by atoms with Crippen molar-refractivity contribution in [2.75, 3.05) is 0 Å². The third kappa shape index (κ3) is 5.59. The highest BCUT2D eigenvalue weighted by atomic mass is 35.5. The topological polar surface area (TPSA) is 58.2 Å². The number of carbonyl (C=O) groups is 2. The van der Waals surface area contributed by atoms with E-state index in [9.17, 15) is 9.59 Å². The number of benzene rings is 2. The first kappa shape index (κ1) is 20.4. The molecule has 1 aliphatic rings. The Morgan fingerprint density at radius 2 is 1.50 bits per heavy atom. The maximum absolute atomic E-state index is 12.5. The summed E-state index contributed by atoms with van der Waals surface area (Å²) in [6.07, 6.45) is 3.00. The van der Waals surface area contributed by atoms with Crippen molar-refractivity contribution in [2.45, 2.75) is 45.7 Å². The van der Waals surface area contributed by atoms with Gasteiger partial charge in [0.25, 0.3) is 0 Å². The molecule has 0 bridgehead atoms. The van der Waals surface area contributed by atoms with Crippen LogP contribution in [0.1, 0.15) is 42.4 Å². The van der Waals surface area contributed by atoms with Gasteiger partial charge in [0.2, 0.25) is 11.8 Å². The molecule has 0 spiro atoms. The van der Waals surface area contributed by atoms with E-state index in [2.05, 4.69) is 16.7 Å². The Morgan fingerprint density at radius 3 is 2.11 bits per heavy atom. The lowest BCUT2D eigenvalue weighted by Crippen LogP contribution is -2.37. The van der Waals surface area contributed by atoms with E-state index in [1.165, 1.54) is 5.56 Å². The molecule has 0 aliphatic heterocycles. The third-order valence-electron chi connectivity index (χ3n) is 5.43. The molecule has 2 N–H and O–H groups in total. The first-order chi connectivity index (χ1) is 13.5. The maximum atomic E-state index is 12.5. The van der Waals surface area contributed by atoms with E-state index in [4.69, 9.17) is 11.6 Å². The Balaban J connectivity index is 1.41. The highest BCUT2D eigenvalue weighted by molar-refractivity contribution is 6.31. The Bertz CT molecular complexity index is 829. The first-order valence-corrected chi connectivity index (χ1v) is 10.2. The highest BCUT2D eigenvalue weighted by Gasteiger charge is 2.29. The van der Waals surface area contributed by atoms with Gasteiger partial charge >= 0.3 is 0 Å². The largest absolute Gasteiger partial charge is 0.352 e. The molecule has 0 radical (unpaired) electrons. The van der Waals surface area contributed by atoms with Crippen LogP contribution in [0.3, 0.4) is 0 Å². The SMILES string of the molecule is Cc1cccc(CNC(=O)C2CCC(C(=O)NCc3ccccc3Cl)CC2)c1. The van der Waals surface area contributed by atoms with E-state index in [1.54, 1.807) is 0 Å². The number of amides is 2. The Morgan fingerprint density at radius 1 is 0.893 bits per heavy atom. The molecular weight excluding hydrogens is 372 g/mol. The average Bonchev–Trinajstić information content (AvgIpc) is 2.71. The fourth-order valence-corrected chi connectivity index (χ4v) is 3.94. The second-order valence-electron chi connectivity index (χ2n) is 7.56. The van der Waals surface area contributed by atoms with Gasteiger partial charge in [-0.15, -0.1) is 0 Å². The van der Waals surface area contributed by atoms with E-state index >= 15 is 0 Å². The third-order valence-corrected chi connectivity index (χ3v) is 5.80. The van der Waals surface area contributed by atoms with Crippen LogP contribution in [0.25, 0.3) is 0 Å². The molecular formula is C23H27ClN2O2. The summed E-state index contributed by atoms with van der Waals surface area (Å²) in [6.45, 7) is 3.04. The van der Waals surface area contributed by atoms with Crippen molar-refractivity contribution in [3.05, 3.63) is 70.2 Å². The van der Waals surface area contributed by atoms with E-state index < -0.39 is 0 Å². The van der Waals surface area contributed by atoms with Crippen LogP contribution in [0.5, 0.6) is 0 Å². The van der Waals surface area contributed by atoms with Crippen molar-refractivity contribution in [1.29, 1.82) is 0 Å². The van der Waals surface area contributed by atoms with Crippen molar-refractivity contribution in [3.8, 4) is 0 Å². The Kier molecular flexibility index (Phi) is 7.10. The molecule has 1 saturated carbocycles. The van der Waals surface area contributed by atoms with E-state index in [1.807, 2.05) is 49.4 Å². The summed E-state index contributed by atoms with van der Waals surface area (Å²) >= 11 is 6.13. The van der Waals surface area contributed by atoms with Crippen LogP contribution >= 0.6 is 11.6 Å². The predicted molar refractivity (Wildman–Crippen MR) is 112 cm³/mol. The zero-order valence-electron chi connectivity index (χ0n) is 16.2. The molecule has 1 fully saturated rings. The Labute approximate surface area is 171 Å². The molecule has 5 heteroatoms. The average molecular weight is 399 g/mol. The van der Waals surface area contributed by atoms with Crippen molar-refractivity contribution in [2.24, 2.45) is 11.8 Å². The maximum Gasteiger partial charge on any atom is 0.223 e. The van der Waals surface area contributed by atoms with Gasteiger partial charge in [-0.25, -0.2) is 0 Å². The summed E-state index contributed by atoms with van der Waals surface area (Å²) in [5.74, 6) is 0.121. The minimum absolute atomic E-state index is 0.00238. The fraction of sp³-hybridized carbons (Fsp3) is 0.391. The molecule has 28 heavy (non-hydrogen) atoms. The van der Waals surface area contributed by atoms with Gasteiger partial charge in [-0.05, 0) is 49.8 Å². The second kappa shape index (κ2) is 9.74. The first-order valence-electron chi connectivity index (χ1n) is 9.87. The number of aryl methyl sites for hydroxylation is 1. The zero-order valence-corrected chi connectivity index (χ0v) is 17.0. The predicted octanol–water partition coefficient (Wildman–Crippen LogP) is 4.39. The molecule has 0 unspecified atom stereocenters. The quantitative estimate of drug-likeness (QED) is 0.758. The van der Waals surface area contributed by atoms with Gasteiger partial charge in [-0.2, -0.15) is 0 Å². The lowest BCUT2D eigenvalue weighted by molar-refractivity contribution is -0.130. The summed E-state index contributed by atoms with van der Waals surface area (Å²) < 4.78 is 0. The molecule has 0 heterocycles. The molecule has 1 aliphatic carbocycles. The van der Waals surface area contributed by atoms with E-state index in [-0.39, 0.29) is 23.7 Å². The van der Waals surface area contributed by atoms with E-state index in [0.717, 1.165) is 36.8 Å². The summed E-state index contributed by atoms with van der Waals surface area (Å²) in [5, 5.41) is 6.68. The number of halogens is 1. The molecule has 0 atom stereocenters. The van der Waals surface area contributed by atoms with Crippen LogP contribution in [0.2, 0.25) is 5.02 Å². The lowest BCUT2D eigenvalue weighted by atomic mass is 9.81. The molecule has 2 aromatic carbocycles. The van der Waals surface area contributed by atoms with Gasteiger partial charge in [0.05, 0.1) is 0 Å². The number of carbonyl (C=O) groups excluding carboxylic acids is 2. The lowest BCUT2D eigenvalue weighted by Gasteiger charge is -2.27. The molecule has 4 nitrogen and oxygen atoms in total. The second-order valence-corrected chi connectivity index (χ2v) is 7.97. The molecule has 2 aromatic rings. The van der Waals surface area contributed by atoms with Gasteiger partial charge in [0.15, 0.2) is 0 Å². The number of rotatable bonds is 6. The molecule has 0 aromatic heterocycles. The number of hydrogen-bond acceptors (Lipinski definition) is 2. The van der Waals surface area contributed by atoms with Crippen molar-refractivity contribution >= 4 is 23.4 Å². The molecule has 3 rings (SSSR count). The van der Waals surface area contributed by atoms with Gasteiger partial charge in [0.1, 0.15) is 0 Å². The van der Waals surface area contributed by atoms with Crippen molar-refractivity contribution in [1.82, 2.24) is 10.6 Å². The fourth-order valence-electron chi connectivity index (χ4n) is 3.74. The highest BCUT2D eigenvalue weighted by Crippen LogP contribution is 2.29. The summed E-state index contributed by atoms with van der Waals surface area (Å²) in [5.41, 5.74) is 3.22. The van der Waals surface area contributed by atoms with Crippen LogP contribution in [-0.4, -0.2) is 11.8 Å². The molecule has 2 amide bonds. The smallest absolute Gasteiger partial charge is 0.223 e. The minimum atomic E-state index is -0.0247. The van der Waals surface area contributed by atoms with Gasteiger partial charge in [0, 0.05) is 29.9 Å². The van der Waals surface area contributed by atoms with Crippen LogP contribution < -0.4 is 10.6 Å². The van der Waals surface area contributed by atoms with Gasteiger partial charge in [-0.1, -0.05) is 59.6 Å². The number of nitrogens with one attached hydrogen (secondary N) is 2. The summed E-state index contributed by atoms with van der Waals surface area (Å²) in [7, 11) is 0. The van der Waals surface area contributed by atoms with E-state index in [0.29, 0.717) is 18.1 Å². The summed E-state index contributed by atoms with van der Waals surface area (Å²) in [6, 6.07) is 15.7. The Hall–Kier alpha value is -2.33. The van der Waals surface area contributed by atoms with Gasteiger partial charge in [-0.3, -0.25) is 9.59 Å². The zero-order chi connectivity index (χ0) is 19.9. The van der Waals surface area contributed by atoms with Crippen LogP contribution in [-0.2, 0) is 22.7 Å². The summed E-state index contributed by atoms with van der Waals surface area (Å²) in [4.78, 5) is 24.9. The normalized spacial score (nSPS) is 19.1. The van der Waals surface area contributed by atoms with Crippen molar-refractivity contribution in [3.63, 3.8) is 0 Å². The monoisotopic (exact) mass is 398 g/mol. The van der Waals surface area contributed by atoms with Crippen LogP contribution in [0, 0.1) is 18.8 Å². The molecule has 148 valence electrons. The standard InChI is InChI=1S/C23H27ClN2O2/c1-16-5-4-6-17(13-16)14-25-22(27)18-9-11-19(12-10-18)23(28)26-15-20-7-2-3-8-21(20)24/h2-8,13,18-19H,9-12,14-15H2,1H3,(H,25,27)(H,26,28). The number of hydrogen-bond donors (Lipinski definition) is 2. The van der Waals surface area contributed by atoms with Crippen LogP contribution in [0.15, 0.2) is 48.5 Å². The molecule has 0 saturated heterocycles. The van der Waals surface area contributed by atoms with Gasteiger partial charge < -0.3 is 10.6 Å². The van der Waals surface area contributed by atoms with Crippen molar-refractivity contribution < 1.29 is 9.59 Å². The minimum Gasteiger partial charge on any atom is -0.352 e.